The molecule has 0 spiro atoms. The van der Waals surface area contributed by atoms with Gasteiger partial charge in [0.25, 0.3) is 0 Å². The van der Waals surface area contributed by atoms with Crippen molar-refractivity contribution in [2.24, 2.45) is 5.92 Å². The molecular weight excluding hydrogens is 220 g/mol. The molecule has 0 aromatic heterocycles. The van der Waals surface area contributed by atoms with Crippen molar-refractivity contribution in [3.63, 3.8) is 0 Å². The Kier molecular flexibility index (Phi) is 8.70. The second-order valence-corrected chi connectivity index (χ2v) is 6.06. The number of piperazine rings is 1. The van der Waals surface area contributed by atoms with E-state index in [-0.39, 0.29) is 0 Å². The second-order valence-electron chi connectivity index (χ2n) is 6.06. The van der Waals surface area contributed by atoms with E-state index >= 15 is 0 Å². The Bertz CT molecular complexity index is 186. The van der Waals surface area contributed by atoms with Crippen LogP contribution >= 0.6 is 0 Å². The molecule has 1 aliphatic heterocycles. The zero-order chi connectivity index (χ0) is 13.2. The molecule has 0 aromatic rings. The van der Waals surface area contributed by atoms with Crippen molar-refractivity contribution in [2.75, 3.05) is 39.8 Å². The third-order valence-electron chi connectivity index (χ3n) is 4.46. The second kappa shape index (κ2) is 9.80. The molecule has 0 saturated carbocycles. The summed E-state index contributed by atoms with van der Waals surface area (Å²) in [6.07, 6.45) is 9.94. The molecule has 1 saturated heterocycles. The lowest BCUT2D eigenvalue weighted by Crippen LogP contribution is -2.44. The highest BCUT2D eigenvalue weighted by Gasteiger charge is 2.12. The topological polar surface area (TPSA) is 6.48 Å². The first-order valence-electron chi connectivity index (χ1n) is 8.17. The Hall–Kier alpha value is -0.0800. The van der Waals surface area contributed by atoms with E-state index in [0.717, 1.165) is 5.92 Å². The molecule has 2 nitrogen and oxygen atoms in total. The van der Waals surface area contributed by atoms with Crippen LogP contribution in [0.5, 0.6) is 0 Å². The van der Waals surface area contributed by atoms with Gasteiger partial charge in [0.05, 0.1) is 0 Å². The normalized spacial score (nSPS) is 20.2. The fourth-order valence-electron chi connectivity index (χ4n) is 2.98. The summed E-state index contributed by atoms with van der Waals surface area (Å²) >= 11 is 0. The van der Waals surface area contributed by atoms with Gasteiger partial charge in [-0.25, -0.2) is 0 Å². The maximum absolute atomic E-state index is 2.64. The number of likely N-dealkylation sites (N-methyl/N-ethyl adjacent to an activating group) is 1. The maximum atomic E-state index is 2.64. The maximum Gasteiger partial charge on any atom is 0.0110 e. The Morgan fingerprint density at radius 1 is 0.889 bits per heavy atom. The minimum absolute atomic E-state index is 0.999. The fraction of sp³-hybridized carbons (Fsp3) is 1.00. The van der Waals surface area contributed by atoms with Gasteiger partial charge in [-0.05, 0) is 25.9 Å². The van der Waals surface area contributed by atoms with Gasteiger partial charge < -0.3 is 9.80 Å². The van der Waals surface area contributed by atoms with Crippen LogP contribution in [-0.2, 0) is 0 Å². The van der Waals surface area contributed by atoms with Gasteiger partial charge >= 0.3 is 0 Å². The fourth-order valence-corrected chi connectivity index (χ4v) is 2.98. The zero-order valence-corrected chi connectivity index (χ0v) is 13.0. The standard InChI is InChI=1S/C16H34N2/c1-4-9-16(5-2)10-7-6-8-11-18-14-12-17(3)13-15-18/h16H,4-15H2,1-3H3. The van der Waals surface area contributed by atoms with Crippen LogP contribution < -0.4 is 0 Å². The van der Waals surface area contributed by atoms with Crippen LogP contribution in [0, 0.1) is 5.92 Å². The number of unbranched alkanes of at least 4 members (excludes halogenated alkanes) is 2. The lowest BCUT2D eigenvalue weighted by molar-refractivity contribution is 0.151. The lowest BCUT2D eigenvalue weighted by atomic mass is 9.94. The van der Waals surface area contributed by atoms with Crippen molar-refractivity contribution >= 4 is 0 Å². The highest BCUT2D eigenvalue weighted by atomic mass is 15.2. The van der Waals surface area contributed by atoms with Gasteiger partial charge in [0.15, 0.2) is 0 Å². The van der Waals surface area contributed by atoms with E-state index in [1.165, 1.54) is 77.7 Å². The number of hydrogen-bond acceptors (Lipinski definition) is 2. The summed E-state index contributed by atoms with van der Waals surface area (Å²) in [7, 11) is 2.23. The summed E-state index contributed by atoms with van der Waals surface area (Å²) in [5.41, 5.74) is 0. The molecule has 0 amide bonds. The molecule has 0 bridgehead atoms. The Morgan fingerprint density at radius 3 is 2.22 bits per heavy atom. The predicted molar refractivity (Wildman–Crippen MR) is 81.1 cm³/mol. The molecule has 0 N–H and O–H groups in total. The Morgan fingerprint density at radius 2 is 1.61 bits per heavy atom. The van der Waals surface area contributed by atoms with Gasteiger partial charge in [-0.3, -0.25) is 0 Å². The third kappa shape index (κ3) is 6.75. The lowest BCUT2D eigenvalue weighted by Gasteiger charge is -2.32. The average Bonchev–Trinajstić information content (AvgIpc) is 2.39. The summed E-state index contributed by atoms with van der Waals surface area (Å²) in [6, 6.07) is 0. The smallest absolute Gasteiger partial charge is 0.0110 e. The van der Waals surface area contributed by atoms with Gasteiger partial charge in [-0.2, -0.15) is 0 Å². The van der Waals surface area contributed by atoms with E-state index in [2.05, 4.69) is 30.7 Å². The van der Waals surface area contributed by atoms with Gasteiger partial charge in [-0.1, -0.05) is 52.4 Å². The first-order valence-corrected chi connectivity index (χ1v) is 8.17. The number of rotatable bonds is 9. The van der Waals surface area contributed by atoms with Crippen LogP contribution in [0.2, 0.25) is 0 Å². The van der Waals surface area contributed by atoms with Gasteiger partial charge in [0.1, 0.15) is 0 Å². The van der Waals surface area contributed by atoms with Crippen LogP contribution in [-0.4, -0.2) is 49.6 Å². The van der Waals surface area contributed by atoms with Crippen LogP contribution in [0.25, 0.3) is 0 Å². The van der Waals surface area contributed by atoms with Crippen LogP contribution in [0.4, 0.5) is 0 Å². The van der Waals surface area contributed by atoms with Gasteiger partial charge in [-0.15, -0.1) is 0 Å². The molecule has 1 atom stereocenters. The highest BCUT2D eigenvalue weighted by Crippen LogP contribution is 2.18. The molecule has 18 heavy (non-hydrogen) atoms. The van der Waals surface area contributed by atoms with Crippen molar-refractivity contribution in [3.8, 4) is 0 Å². The minimum atomic E-state index is 0.999. The summed E-state index contributed by atoms with van der Waals surface area (Å²) in [4.78, 5) is 5.08. The molecule has 1 rings (SSSR count). The van der Waals surface area contributed by atoms with Crippen molar-refractivity contribution in [1.82, 2.24) is 9.80 Å². The van der Waals surface area contributed by atoms with Crippen LogP contribution in [0.3, 0.4) is 0 Å². The summed E-state index contributed by atoms with van der Waals surface area (Å²) < 4.78 is 0. The molecule has 108 valence electrons. The molecule has 1 aliphatic rings. The molecule has 1 heterocycles. The Balaban J connectivity index is 1.94. The van der Waals surface area contributed by atoms with Crippen molar-refractivity contribution in [2.45, 2.75) is 58.8 Å². The summed E-state index contributed by atoms with van der Waals surface area (Å²) in [6.45, 7) is 11.1. The third-order valence-corrected chi connectivity index (χ3v) is 4.46. The molecule has 0 radical (unpaired) electrons. The highest BCUT2D eigenvalue weighted by molar-refractivity contribution is 4.69. The number of nitrogens with zero attached hydrogens (tertiary/aromatic N) is 2. The number of hydrogen-bond donors (Lipinski definition) is 0. The van der Waals surface area contributed by atoms with Crippen molar-refractivity contribution < 1.29 is 0 Å². The van der Waals surface area contributed by atoms with Crippen LogP contribution in [0.1, 0.15) is 58.8 Å². The van der Waals surface area contributed by atoms with E-state index in [1.807, 2.05) is 0 Å². The molecule has 0 aliphatic carbocycles. The molecule has 0 aromatic carbocycles. The molecular formula is C16H34N2. The van der Waals surface area contributed by atoms with E-state index in [0.29, 0.717) is 0 Å². The molecule has 2 heteroatoms. The largest absolute Gasteiger partial charge is 0.304 e. The van der Waals surface area contributed by atoms with E-state index in [9.17, 15) is 0 Å². The average molecular weight is 254 g/mol. The molecule has 1 fully saturated rings. The van der Waals surface area contributed by atoms with Gasteiger partial charge in [0, 0.05) is 26.2 Å². The first kappa shape index (κ1) is 16.0. The Labute approximate surface area is 115 Å². The zero-order valence-electron chi connectivity index (χ0n) is 13.0. The molecule has 1 unspecified atom stereocenters. The predicted octanol–water partition coefficient (Wildman–Crippen LogP) is 3.62. The van der Waals surface area contributed by atoms with Crippen molar-refractivity contribution in [3.05, 3.63) is 0 Å². The minimum Gasteiger partial charge on any atom is -0.304 e. The summed E-state index contributed by atoms with van der Waals surface area (Å²) in [5.74, 6) is 0.999. The van der Waals surface area contributed by atoms with Crippen molar-refractivity contribution in [1.29, 1.82) is 0 Å². The van der Waals surface area contributed by atoms with E-state index < -0.39 is 0 Å². The van der Waals surface area contributed by atoms with E-state index in [1.54, 1.807) is 0 Å². The van der Waals surface area contributed by atoms with Crippen LogP contribution in [0.15, 0.2) is 0 Å². The van der Waals surface area contributed by atoms with Gasteiger partial charge in [0.2, 0.25) is 0 Å². The first-order chi connectivity index (χ1) is 8.76. The monoisotopic (exact) mass is 254 g/mol. The quantitative estimate of drug-likeness (QED) is 0.580. The summed E-state index contributed by atoms with van der Waals surface area (Å²) in [5, 5.41) is 0. The van der Waals surface area contributed by atoms with E-state index in [4.69, 9.17) is 0 Å². The SMILES string of the molecule is CCCC(CC)CCCCCN1CCN(C)CC1.